The van der Waals surface area contributed by atoms with Crippen LogP contribution >= 0.6 is 0 Å². The fourth-order valence-electron chi connectivity index (χ4n) is 4.41. The normalized spacial score (nSPS) is 22.8. The maximum absolute atomic E-state index is 12.7. The molecule has 28 heavy (non-hydrogen) atoms. The molecule has 1 aliphatic heterocycles. The highest BCUT2D eigenvalue weighted by Crippen LogP contribution is 2.40. The molecule has 0 unspecified atom stereocenters. The molecule has 1 N–H and O–H groups in total. The van der Waals surface area contributed by atoms with Crippen LogP contribution in [0.2, 0.25) is 0 Å². The average molecular weight is 378 g/mol. The molecule has 148 valence electrons. The van der Waals surface area contributed by atoms with E-state index in [2.05, 4.69) is 60.2 Å². The molecule has 2 aliphatic rings. The van der Waals surface area contributed by atoms with E-state index in [1.54, 1.807) is 6.20 Å². The van der Waals surface area contributed by atoms with E-state index in [0.717, 1.165) is 31.1 Å². The lowest BCUT2D eigenvalue weighted by Gasteiger charge is -2.39. The molecule has 2 fully saturated rings. The van der Waals surface area contributed by atoms with Crippen molar-refractivity contribution >= 4 is 11.6 Å². The van der Waals surface area contributed by atoms with Crippen LogP contribution in [0.15, 0.2) is 48.7 Å². The first-order valence-electron chi connectivity index (χ1n) is 10.5. The second kappa shape index (κ2) is 7.57. The fraction of sp³-hybridized carbons (Fsp3) is 0.500. The van der Waals surface area contributed by atoms with Gasteiger partial charge in [-0.05, 0) is 48.3 Å². The number of hydrogen-bond acceptors (Lipinski definition) is 3. The Morgan fingerprint density at radius 3 is 2.50 bits per heavy atom. The second-order valence-corrected chi connectivity index (χ2v) is 9.36. The van der Waals surface area contributed by atoms with Gasteiger partial charge in [0.25, 0.3) is 5.91 Å². The molecule has 1 aliphatic carbocycles. The van der Waals surface area contributed by atoms with Crippen LogP contribution in [0, 0.1) is 11.3 Å². The lowest BCUT2D eigenvalue weighted by molar-refractivity contribution is 0.0945. The molecule has 1 amide bonds. The number of nitrogens with one attached hydrogen (secondary N) is 1. The number of benzene rings is 1. The Bertz CT molecular complexity index is 819. The van der Waals surface area contributed by atoms with E-state index in [1.807, 2.05) is 18.2 Å². The van der Waals surface area contributed by atoms with Gasteiger partial charge in [0.05, 0.1) is 0 Å². The van der Waals surface area contributed by atoms with Gasteiger partial charge in [-0.15, -0.1) is 0 Å². The third kappa shape index (κ3) is 4.21. The van der Waals surface area contributed by atoms with Gasteiger partial charge in [-0.25, -0.2) is 0 Å². The molecule has 4 rings (SSSR count). The zero-order valence-electron chi connectivity index (χ0n) is 17.2. The monoisotopic (exact) mass is 377 g/mol. The number of aromatic nitrogens is 1. The Kier molecular flexibility index (Phi) is 5.13. The molecule has 1 aromatic carbocycles. The Hall–Kier alpha value is -2.36. The van der Waals surface area contributed by atoms with Crippen molar-refractivity contribution in [2.24, 2.45) is 11.3 Å². The first kappa shape index (κ1) is 19.0. The molecule has 0 bridgehead atoms. The summed E-state index contributed by atoms with van der Waals surface area (Å²) in [5.41, 5.74) is 3.31. The van der Waals surface area contributed by atoms with Gasteiger partial charge in [-0.3, -0.25) is 9.78 Å². The van der Waals surface area contributed by atoms with Crippen LogP contribution < -0.4 is 10.2 Å². The number of carbonyl (C=O) groups is 1. The zero-order chi connectivity index (χ0) is 19.7. The van der Waals surface area contributed by atoms with Crippen LogP contribution in [0.3, 0.4) is 0 Å². The zero-order valence-corrected chi connectivity index (χ0v) is 17.2. The second-order valence-electron chi connectivity index (χ2n) is 9.36. The van der Waals surface area contributed by atoms with Gasteiger partial charge in [-0.2, -0.15) is 0 Å². The number of nitrogens with zero attached hydrogens (tertiary/aromatic N) is 2. The molecule has 0 radical (unpaired) electrons. The first-order chi connectivity index (χ1) is 13.4. The average Bonchev–Trinajstić information content (AvgIpc) is 3.47. The molecule has 4 heteroatoms. The Balaban J connectivity index is 1.36. The summed E-state index contributed by atoms with van der Waals surface area (Å²) in [5, 5.41) is 3.16. The highest BCUT2D eigenvalue weighted by atomic mass is 16.2. The Morgan fingerprint density at radius 1 is 1.11 bits per heavy atom. The van der Waals surface area contributed by atoms with Gasteiger partial charge >= 0.3 is 0 Å². The van der Waals surface area contributed by atoms with Crippen molar-refractivity contribution in [1.29, 1.82) is 0 Å². The van der Waals surface area contributed by atoms with Crippen molar-refractivity contribution in [3.63, 3.8) is 0 Å². The molecule has 2 heterocycles. The third-order valence-electron chi connectivity index (χ3n) is 6.40. The highest BCUT2D eigenvalue weighted by Gasteiger charge is 2.39. The Morgan fingerprint density at radius 2 is 1.82 bits per heavy atom. The van der Waals surface area contributed by atoms with Crippen LogP contribution in [0.5, 0.6) is 0 Å². The van der Waals surface area contributed by atoms with Crippen molar-refractivity contribution in [2.45, 2.75) is 52.0 Å². The van der Waals surface area contributed by atoms with Gasteiger partial charge in [0.2, 0.25) is 0 Å². The van der Waals surface area contributed by atoms with Crippen molar-refractivity contribution in [2.75, 3.05) is 18.0 Å². The molecular formula is C24H31N3O. The number of piperidine rings is 1. The number of rotatable bonds is 4. The van der Waals surface area contributed by atoms with Gasteiger partial charge in [0.1, 0.15) is 5.69 Å². The van der Waals surface area contributed by atoms with Crippen molar-refractivity contribution in [3.8, 4) is 0 Å². The number of hydrogen-bond donors (Lipinski definition) is 1. The maximum atomic E-state index is 12.7. The SMILES string of the molecule is CC(C)(C)C1CCN(c2ccnc(C(=O)N[C@@H]3C[C@H]3c3ccccc3)c2)CC1. The lowest BCUT2D eigenvalue weighted by atomic mass is 9.75. The Labute approximate surface area is 168 Å². The highest BCUT2D eigenvalue weighted by molar-refractivity contribution is 5.93. The van der Waals surface area contributed by atoms with E-state index in [0.29, 0.717) is 17.0 Å². The van der Waals surface area contributed by atoms with Crippen LogP contribution in [0.4, 0.5) is 5.69 Å². The smallest absolute Gasteiger partial charge is 0.270 e. The van der Waals surface area contributed by atoms with Crippen LogP contribution in [0.25, 0.3) is 0 Å². The summed E-state index contributed by atoms with van der Waals surface area (Å²) in [7, 11) is 0. The summed E-state index contributed by atoms with van der Waals surface area (Å²) >= 11 is 0. The van der Waals surface area contributed by atoms with E-state index < -0.39 is 0 Å². The number of pyridine rings is 1. The van der Waals surface area contributed by atoms with E-state index >= 15 is 0 Å². The largest absolute Gasteiger partial charge is 0.371 e. The molecular weight excluding hydrogens is 346 g/mol. The van der Waals surface area contributed by atoms with Gasteiger partial charge in [-0.1, -0.05) is 51.1 Å². The molecule has 0 spiro atoms. The summed E-state index contributed by atoms with van der Waals surface area (Å²) in [6.45, 7) is 9.10. The fourth-order valence-corrected chi connectivity index (χ4v) is 4.41. The minimum atomic E-state index is -0.0603. The van der Waals surface area contributed by atoms with Crippen LogP contribution in [0.1, 0.15) is 62.0 Å². The number of amides is 1. The summed E-state index contributed by atoms with van der Waals surface area (Å²) in [6, 6.07) is 14.6. The summed E-state index contributed by atoms with van der Waals surface area (Å²) < 4.78 is 0. The molecule has 2 atom stereocenters. The molecule has 1 saturated heterocycles. The minimum absolute atomic E-state index is 0.0603. The summed E-state index contributed by atoms with van der Waals surface area (Å²) in [4.78, 5) is 19.4. The van der Waals surface area contributed by atoms with E-state index in [1.165, 1.54) is 18.4 Å². The third-order valence-corrected chi connectivity index (χ3v) is 6.40. The van der Waals surface area contributed by atoms with E-state index in [9.17, 15) is 4.79 Å². The van der Waals surface area contributed by atoms with Crippen LogP contribution in [-0.2, 0) is 0 Å². The van der Waals surface area contributed by atoms with Gasteiger partial charge in [0.15, 0.2) is 0 Å². The van der Waals surface area contributed by atoms with Crippen LogP contribution in [-0.4, -0.2) is 30.0 Å². The number of anilines is 1. The number of carbonyl (C=O) groups excluding carboxylic acids is 1. The topological polar surface area (TPSA) is 45.2 Å². The molecule has 4 nitrogen and oxygen atoms in total. The predicted molar refractivity (Wildman–Crippen MR) is 114 cm³/mol. The van der Waals surface area contributed by atoms with Crippen molar-refractivity contribution < 1.29 is 4.79 Å². The quantitative estimate of drug-likeness (QED) is 0.845. The minimum Gasteiger partial charge on any atom is -0.371 e. The maximum Gasteiger partial charge on any atom is 0.270 e. The lowest BCUT2D eigenvalue weighted by Crippen LogP contribution is -2.38. The van der Waals surface area contributed by atoms with Gasteiger partial charge < -0.3 is 10.2 Å². The van der Waals surface area contributed by atoms with E-state index in [-0.39, 0.29) is 11.9 Å². The molecule has 1 aromatic heterocycles. The van der Waals surface area contributed by atoms with Gasteiger partial charge in [0, 0.05) is 36.9 Å². The summed E-state index contributed by atoms with van der Waals surface area (Å²) in [6.07, 6.45) is 5.18. The van der Waals surface area contributed by atoms with Crippen molar-refractivity contribution in [1.82, 2.24) is 10.3 Å². The molecule has 2 aromatic rings. The molecule has 1 saturated carbocycles. The standard InChI is InChI=1S/C24H31N3O/c1-24(2,3)18-10-13-27(14-11-18)19-9-12-25-22(15-19)23(28)26-21-16-20(21)17-7-5-4-6-8-17/h4-9,12,15,18,20-21H,10-11,13-14,16H2,1-3H3,(H,26,28)/t20-,21+/m0/s1. The predicted octanol–water partition coefficient (Wildman–Crippen LogP) is 4.63. The summed E-state index contributed by atoms with van der Waals surface area (Å²) in [5.74, 6) is 1.14. The van der Waals surface area contributed by atoms with E-state index in [4.69, 9.17) is 0 Å². The van der Waals surface area contributed by atoms with Crippen molar-refractivity contribution in [3.05, 3.63) is 59.9 Å². The first-order valence-corrected chi connectivity index (χ1v) is 10.5.